The van der Waals surface area contributed by atoms with Crippen LogP contribution in [0.2, 0.25) is 0 Å². The van der Waals surface area contributed by atoms with Gasteiger partial charge in [-0.25, -0.2) is 4.79 Å². The summed E-state index contributed by atoms with van der Waals surface area (Å²) >= 11 is 1.27. The van der Waals surface area contributed by atoms with Crippen LogP contribution in [0.15, 0.2) is 0 Å². The van der Waals surface area contributed by atoms with Crippen molar-refractivity contribution in [2.24, 2.45) is 5.92 Å². The van der Waals surface area contributed by atoms with Crippen molar-refractivity contribution in [1.82, 2.24) is 15.5 Å². The maximum Gasteiger partial charge on any atom is 0.321 e. The van der Waals surface area contributed by atoms with Crippen molar-refractivity contribution in [3.8, 4) is 0 Å². The molecule has 3 N–H and O–H groups in total. The Balaban J connectivity index is 1.89. The number of carbonyl (C=O) groups excluding carboxylic acids is 1. The summed E-state index contributed by atoms with van der Waals surface area (Å²) in [5, 5.41) is 22.9. The zero-order valence-electron chi connectivity index (χ0n) is 9.84. The molecule has 1 aliphatic carbocycles. The van der Waals surface area contributed by atoms with E-state index in [-0.39, 0.29) is 6.04 Å². The third-order valence-electron chi connectivity index (χ3n) is 2.90. The van der Waals surface area contributed by atoms with E-state index in [2.05, 4.69) is 20.8 Å². The Labute approximate surface area is 108 Å². The minimum absolute atomic E-state index is 0.309. The number of aliphatic carboxylic acids is 1. The van der Waals surface area contributed by atoms with Gasteiger partial charge in [0, 0.05) is 6.04 Å². The summed E-state index contributed by atoms with van der Waals surface area (Å²) in [5.41, 5.74) is 0. The first-order valence-electron chi connectivity index (χ1n) is 5.66. The predicted octanol–water partition coefficient (Wildman–Crippen LogP) is 1.22. The number of carbonyl (C=O) groups is 2. The number of amides is 2. The van der Waals surface area contributed by atoms with Crippen LogP contribution in [0.4, 0.5) is 9.93 Å². The lowest BCUT2D eigenvalue weighted by molar-refractivity contribution is -0.142. The molecule has 0 aliphatic heterocycles. The molecule has 8 heteroatoms. The highest BCUT2D eigenvalue weighted by atomic mass is 32.1. The average Bonchev–Trinajstić information content (AvgIpc) is 2.87. The first-order valence-corrected chi connectivity index (χ1v) is 6.48. The topological polar surface area (TPSA) is 104 Å². The van der Waals surface area contributed by atoms with E-state index in [1.54, 1.807) is 6.92 Å². The number of nitrogens with one attached hydrogen (secondary N) is 2. The zero-order chi connectivity index (χ0) is 13.1. The lowest BCUT2D eigenvalue weighted by Gasteiger charge is -2.17. The summed E-state index contributed by atoms with van der Waals surface area (Å²) in [5.74, 6) is -1.35. The van der Waals surface area contributed by atoms with E-state index in [1.165, 1.54) is 11.3 Å². The smallest absolute Gasteiger partial charge is 0.321 e. The molecule has 0 saturated heterocycles. The van der Waals surface area contributed by atoms with Gasteiger partial charge >= 0.3 is 12.0 Å². The number of hydrogen-bond donors (Lipinski definition) is 3. The minimum atomic E-state index is -0.857. The van der Waals surface area contributed by atoms with Gasteiger partial charge in [0.25, 0.3) is 0 Å². The van der Waals surface area contributed by atoms with Crippen LogP contribution in [0.3, 0.4) is 0 Å². The van der Waals surface area contributed by atoms with Gasteiger partial charge in [-0.05, 0) is 19.8 Å². The molecule has 0 aromatic carbocycles. The van der Waals surface area contributed by atoms with Crippen LogP contribution in [0.25, 0.3) is 0 Å². The predicted molar refractivity (Wildman–Crippen MR) is 65.6 cm³/mol. The molecule has 7 nitrogen and oxygen atoms in total. The molecule has 2 rings (SSSR count). The van der Waals surface area contributed by atoms with Crippen molar-refractivity contribution in [2.45, 2.75) is 32.2 Å². The molecular weight excluding hydrogens is 256 g/mol. The number of rotatable bonds is 3. The van der Waals surface area contributed by atoms with Gasteiger partial charge in [0.15, 0.2) is 0 Å². The number of aromatic nitrogens is 2. The van der Waals surface area contributed by atoms with Gasteiger partial charge in [-0.3, -0.25) is 10.1 Å². The van der Waals surface area contributed by atoms with E-state index in [0.717, 1.165) is 11.4 Å². The molecule has 2 amide bonds. The Kier molecular flexibility index (Phi) is 3.75. The molecule has 0 radical (unpaired) electrons. The Morgan fingerprint density at radius 1 is 1.39 bits per heavy atom. The molecule has 0 spiro atoms. The molecule has 98 valence electrons. The van der Waals surface area contributed by atoms with Gasteiger partial charge in [-0.2, -0.15) is 0 Å². The summed E-state index contributed by atoms with van der Waals surface area (Å²) in [6.07, 6.45) is 2.12. The molecular formula is C10H14N4O3S. The summed E-state index contributed by atoms with van der Waals surface area (Å²) < 4.78 is 0. The van der Waals surface area contributed by atoms with E-state index in [9.17, 15) is 9.59 Å². The fraction of sp³-hybridized carbons (Fsp3) is 0.600. The number of carboxylic acids is 1. The number of anilines is 1. The standard InChI is InChI=1S/C10H14N4O3S/c1-5-13-14-10(18-5)12-9(17)11-7-4-2-3-6(7)8(15)16/h6-7H,2-4H2,1H3,(H,15,16)(H2,11,12,14,17). The van der Waals surface area contributed by atoms with Crippen molar-refractivity contribution < 1.29 is 14.7 Å². The molecule has 1 aromatic heterocycles. The van der Waals surface area contributed by atoms with Gasteiger partial charge in [-0.15, -0.1) is 10.2 Å². The van der Waals surface area contributed by atoms with Crippen LogP contribution in [-0.4, -0.2) is 33.3 Å². The summed E-state index contributed by atoms with van der Waals surface area (Å²) in [4.78, 5) is 22.6. The molecule has 1 aromatic rings. The van der Waals surface area contributed by atoms with Gasteiger partial charge in [0.2, 0.25) is 5.13 Å². The van der Waals surface area contributed by atoms with Crippen molar-refractivity contribution in [3.05, 3.63) is 5.01 Å². The van der Waals surface area contributed by atoms with Crippen LogP contribution in [0.5, 0.6) is 0 Å². The van der Waals surface area contributed by atoms with Gasteiger partial charge < -0.3 is 10.4 Å². The van der Waals surface area contributed by atoms with Gasteiger partial charge in [0.05, 0.1) is 5.92 Å². The van der Waals surface area contributed by atoms with Crippen molar-refractivity contribution in [2.75, 3.05) is 5.32 Å². The van der Waals surface area contributed by atoms with Crippen LogP contribution >= 0.6 is 11.3 Å². The summed E-state index contributed by atoms with van der Waals surface area (Å²) in [6, 6.07) is -0.735. The van der Waals surface area contributed by atoms with Gasteiger partial charge in [0.1, 0.15) is 5.01 Å². The molecule has 2 unspecified atom stereocenters. The second-order valence-electron chi connectivity index (χ2n) is 4.21. The fourth-order valence-electron chi connectivity index (χ4n) is 2.08. The Bertz CT molecular complexity index is 462. The lowest BCUT2D eigenvalue weighted by Crippen LogP contribution is -2.42. The summed E-state index contributed by atoms with van der Waals surface area (Å²) in [7, 11) is 0. The lowest BCUT2D eigenvalue weighted by atomic mass is 10.0. The van der Waals surface area contributed by atoms with E-state index < -0.39 is 17.9 Å². The van der Waals surface area contributed by atoms with Crippen LogP contribution in [0.1, 0.15) is 24.3 Å². The number of urea groups is 1. The average molecular weight is 270 g/mol. The highest BCUT2D eigenvalue weighted by molar-refractivity contribution is 7.15. The number of hydrogen-bond acceptors (Lipinski definition) is 5. The number of aryl methyl sites for hydroxylation is 1. The quantitative estimate of drug-likeness (QED) is 0.766. The monoisotopic (exact) mass is 270 g/mol. The van der Waals surface area contributed by atoms with E-state index in [4.69, 9.17) is 5.11 Å². The molecule has 1 saturated carbocycles. The Morgan fingerprint density at radius 3 is 2.78 bits per heavy atom. The highest BCUT2D eigenvalue weighted by Gasteiger charge is 2.33. The Hall–Kier alpha value is -1.70. The third kappa shape index (κ3) is 2.95. The molecule has 0 bridgehead atoms. The maximum atomic E-state index is 11.7. The molecule has 1 fully saturated rings. The highest BCUT2D eigenvalue weighted by Crippen LogP contribution is 2.26. The van der Waals surface area contributed by atoms with Crippen molar-refractivity contribution in [3.63, 3.8) is 0 Å². The number of carboxylic acid groups (broad SMARTS) is 1. The molecule has 1 heterocycles. The van der Waals surface area contributed by atoms with Crippen LogP contribution in [0, 0.1) is 12.8 Å². The largest absolute Gasteiger partial charge is 0.481 e. The second kappa shape index (κ2) is 5.30. The van der Waals surface area contributed by atoms with E-state index in [1.807, 2.05) is 0 Å². The van der Waals surface area contributed by atoms with E-state index in [0.29, 0.717) is 18.0 Å². The SMILES string of the molecule is Cc1nnc(NC(=O)NC2CCCC2C(=O)O)s1. The Morgan fingerprint density at radius 2 is 2.17 bits per heavy atom. The number of nitrogens with zero attached hydrogens (tertiary/aromatic N) is 2. The van der Waals surface area contributed by atoms with E-state index >= 15 is 0 Å². The second-order valence-corrected chi connectivity index (χ2v) is 5.39. The normalized spacial score (nSPS) is 22.7. The van der Waals surface area contributed by atoms with Crippen LogP contribution in [-0.2, 0) is 4.79 Å². The maximum absolute atomic E-state index is 11.7. The van der Waals surface area contributed by atoms with Crippen molar-refractivity contribution >= 4 is 28.5 Å². The van der Waals surface area contributed by atoms with Crippen LogP contribution < -0.4 is 10.6 Å². The fourth-order valence-corrected chi connectivity index (χ4v) is 2.66. The first kappa shape index (κ1) is 12.7. The zero-order valence-corrected chi connectivity index (χ0v) is 10.7. The molecule has 2 atom stereocenters. The minimum Gasteiger partial charge on any atom is -0.481 e. The molecule has 1 aliphatic rings. The first-order chi connectivity index (χ1) is 8.56. The van der Waals surface area contributed by atoms with Gasteiger partial charge in [-0.1, -0.05) is 17.8 Å². The summed E-state index contributed by atoms with van der Waals surface area (Å²) in [6.45, 7) is 1.79. The third-order valence-corrected chi connectivity index (χ3v) is 3.65. The van der Waals surface area contributed by atoms with Crippen molar-refractivity contribution in [1.29, 1.82) is 0 Å². The molecule has 18 heavy (non-hydrogen) atoms.